The minimum Gasteiger partial charge on any atom is -0.479 e. The summed E-state index contributed by atoms with van der Waals surface area (Å²) in [5, 5.41) is 46.7. The fraction of sp³-hybridized carbons (Fsp3) is 0.667. The molecule has 5 atom stereocenters. The van der Waals surface area contributed by atoms with Crippen LogP contribution in [-0.4, -0.2) is 79.9 Å². The van der Waals surface area contributed by atoms with Gasteiger partial charge in [0.1, 0.15) is 24.1 Å². The number of aromatic nitrogens is 2. The number of nitrogens with two attached hydrogens (primary N) is 1. The Morgan fingerprint density at radius 2 is 1.89 bits per heavy atom. The van der Waals surface area contributed by atoms with Crippen LogP contribution in [0.25, 0.3) is 0 Å². The van der Waals surface area contributed by atoms with Crippen LogP contribution in [0.3, 0.4) is 0 Å². The lowest BCUT2D eigenvalue weighted by Gasteiger charge is -2.38. The van der Waals surface area contributed by atoms with Gasteiger partial charge >= 0.3 is 5.97 Å². The van der Waals surface area contributed by atoms with Crippen LogP contribution < -0.4 is 21.0 Å². The molecule has 1 aromatic heterocycles. The molecule has 1 aromatic rings. The van der Waals surface area contributed by atoms with Crippen molar-refractivity contribution in [2.75, 3.05) is 23.7 Å². The molecule has 12 heteroatoms. The van der Waals surface area contributed by atoms with E-state index in [0.717, 1.165) is 37.1 Å². The summed E-state index contributed by atoms with van der Waals surface area (Å²) < 4.78 is 5.79. The van der Waals surface area contributed by atoms with E-state index in [-0.39, 0.29) is 11.4 Å². The Balaban J connectivity index is 1.82. The Bertz CT molecular complexity index is 751. The molecule has 0 radical (unpaired) electrons. The summed E-state index contributed by atoms with van der Waals surface area (Å²) in [7, 11) is 0. The van der Waals surface area contributed by atoms with Gasteiger partial charge in [0.25, 0.3) is 6.29 Å². The van der Waals surface area contributed by atoms with E-state index in [1.54, 1.807) is 0 Å². The monoisotopic (exact) mass is 385 g/mol. The van der Waals surface area contributed by atoms with Gasteiger partial charge in [-0.05, 0) is 19.3 Å². The van der Waals surface area contributed by atoms with Crippen molar-refractivity contribution < 1.29 is 34.8 Å². The average Bonchev–Trinajstić information content (AvgIpc) is 2.64. The van der Waals surface area contributed by atoms with Crippen LogP contribution in [0.2, 0.25) is 0 Å². The van der Waals surface area contributed by atoms with Crippen LogP contribution in [0.1, 0.15) is 19.3 Å². The predicted octanol–water partition coefficient (Wildman–Crippen LogP) is -2.74. The quantitative estimate of drug-likeness (QED) is 0.317. The van der Waals surface area contributed by atoms with Crippen molar-refractivity contribution >= 4 is 17.7 Å². The van der Waals surface area contributed by atoms with Gasteiger partial charge < -0.3 is 40.6 Å². The molecule has 0 bridgehead atoms. The second-order valence-electron chi connectivity index (χ2n) is 6.54. The van der Waals surface area contributed by atoms with Crippen molar-refractivity contribution in [2.45, 2.75) is 50.0 Å². The molecule has 0 aromatic carbocycles. The van der Waals surface area contributed by atoms with E-state index in [9.17, 15) is 20.1 Å². The highest BCUT2D eigenvalue weighted by Crippen LogP contribution is 2.22. The molecule has 0 saturated carbocycles. The SMILES string of the molecule is N=c1cc(N2CCCCC2)nc(N)n1OC1OC(C(=O)O)C(O)C(O)C1O. The lowest BCUT2D eigenvalue weighted by molar-refractivity contribution is -0.294. The number of nitrogen functional groups attached to an aromatic ring is 1. The Hall–Kier alpha value is -2.41. The Morgan fingerprint density at radius 1 is 1.22 bits per heavy atom. The molecule has 150 valence electrons. The third-order valence-electron chi connectivity index (χ3n) is 4.62. The zero-order valence-electron chi connectivity index (χ0n) is 14.4. The van der Waals surface area contributed by atoms with Crippen LogP contribution in [0.15, 0.2) is 6.07 Å². The highest BCUT2D eigenvalue weighted by atomic mass is 16.8. The Labute approximate surface area is 153 Å². The molecule has 0 spiro atoms. The van der Waals surface area contributed by atoms with Crippen LogP contribution in [0, 0.1) is 5.41 Å². The number of piperidine rings is 1. The number of carboxylic acids is 1. The maximum Gasteiger partial charge on any atom is 0.335 e. The van der Waals surface area contributed by atoms with E-state index in [4.69, 9.17) is 25.8 Å². The molecule has 2 aliphatic heterocycles. The third kappa shape index (κ3) is 3.83. The molecule has 7 N–H and O–H groups in total. The predicted molar refractivity (Wildman–Crippen MR) is 89.5 cm³/mol. The Morgan fingerprint density at radius 3 is 2.48 bits per heavy atom. The van der Waals surface area contributed by atoms with Crippen LogP contribution in [0.4, 0.5) is 11.8 Å². The summed E-state index contributed by atoms with van der Waals surface area (Å²) in [6, 6.07) is 1.43. The van der Waals surface area contributed by atoms with Gasteiger partial charge in [-0.2, -0.15) is 4.98 Å². The van der Waals surface area contributed by atoms with E-state index < -0.39 is 36.7 Å². The van der Waals surface area contributed by atoms with Gasteiger partial charge in [0.2, 0.25) is 5.95 Å². The summed E-state index contributed by atoms with van der Waals surface area (Å²) in [4.78, 5) is 22.6. The second-order valence-corrected chi connectivity index (χ2v) is 6.54. The molecule has 0 amide bonds. The van der Waals surface area contributed by atoms with Gasteiger partial charge in [-0.25, -0.2) is 4.79 Å². The zero-order valence-corrected chi connectivity index (χ0v) is 14.4. The highest BCUT2D eigenvalue weighted by molar-refractivity contribution is 5.73. The standard InChI is InChI=1S/C15H23N5O7/c16-7-6-8(19-4-2-1-3-5-19)18-15(17)20(7)27-14-11(23)9(21)10(22)12(26-14)13(24)25/h6,9-12,14,16,21-23H,1-5H2,(H2,17,18)(H,24,25). The minimum absolute atomic E-state index is 0.202. The summed E-state index contributed by atoms with van der Waals surface area (Å²) in [5.41, 5.74) is 5.66. The van der Waals surface area contributed by atoms with Gasteiger partial charge in [0.15, 0.2) is 11.6 Å². The second kappa shape index (κ2) is 7.68. The number of aliphatic carboxylic acids is 1. The number of hydrogen-bond donors (Lipinski definition) is 6. The summed E-state index contributed by atoms with van der Waals surface area (Å²) in [6.45, 7) is 1.59. The first-order valence-corrected chi connectivity index (χ1v) is 8.58. The molecule has 27 heavy (non-hydrogen) atoms. The van der Waals surface area contributed by atoms with Gasteiger partial charge in [0.05, 0.1) is 0 Å². The third-order valence-corrected chi connectivity index (χ3v) is 4.62. The average molecular weight is 385 g/mol. The number of rotatable bonds is 4. The van der Waals surface area contributed by atoms with Gasteiger partial charge in [-0.15, -0.1) is 4.73 Å². The fourth-order valence-corrected chi connectivity index (χ4v) is 3.14. The number of nitrogens with zero attached hydrogens (tertiary/aromatic N) is 3. The van der Waals surface area contributed by atoms with Crippen molar-refractivity contribution in [1.82, 2.24) is 9.71 Å². The van der Waals surface area contributed by atoms with Gasteiger partial charge in [0, 0.05) is 19.2 Å². The first kappa shape index (κ1) is 19.4. The number of aliphatic hydroxyl groups excluding tert-OH is 3. The lowest BCUT2D eigenvalue weighted by atomic mass is 9.99. The van der Waals surface area contributed by atoms with Crippen molar-refractivity contribution in [3.8, 4) is 0 Å². The summed E-state index contributed by atoms with van der Waals surface area (Å²) in [5.74, 6) is -1.22. The smallest absolute Gasteiger partial charge is 0.335 e. The number of aliphatic hydroxyl groups is 3. The number of anilines is 2. The summed E-state index contributed by atoms with van der Waals surface area (Å²) in [6.07, 6.45) is -5.75. The molecule has 12 nitrogen and oxygen atoms in total. The minimum atomic E-state index is -1.84. The van der Waals surface area contributed by atoms with Crippen molar-refractivity contribution in [1.29, 1.82) is 5.41 Å². The van der Waals surface area contributed by atoms with Gasteiger partial charge in [-0.1, -0.05) is 0 Å². The topological polar surface area (TPSA) is 187 Å². The normalized spacial score (nSPS) is 31.5. The molecular formula is C15H23N5O7. The van der Waals surface area contributed by atoms with Crippen molar-refractivity contribution in [3.05, 3.63) is 11.6 Å². The van der Waals surface area contributed by atoms with E-state index >= 15 is 0 Å². The summed E-state index contributed by atoms with van der Waals surface area (Å²) >= 11 is 0. The van der Waals surface area contributed by atoms with E-state index in [2.05, 4.69) is 4.98 Å². The lowest BCUT2D eigenvalue weighted by Crippen LogP contribution is -2.62. The molecule has 2 fully saturated rings. The molecule has 3 rings (SSSR count). The van der Waals surface area contributed by atoms with Crippen LogP contribution in [-0.2, 0) is 9.53 Å². The molecule has 2 saturated heterocycles. The van der Waals surface area contributed by atoms with Gasteiger partial charge in [-0.3, -0.25) is 5.41 Å². The molecule has 3 heterocycles. The molecule has 2 aliphatic rings. The van der Waals surface area contributed by atoms with Crippen molar-refractivity contribution in [2.24, 2.45) is 0 Å². The first-order valence-electron chi connectivity index (χ1n) is 8.58. The highest BCUT2D eigenvalue weighted by Gasteiger charge is 2.48. The molecule has 0 aliphatic carbocycles. The number of nitrogens with one attached hydrogen (secondary N) is 1. The van der Waals surface area contributed by atoms with Crippen molar-refractivity contribution in [3.63, 3.8) is 0 Å². The first-order chi connectivity index (χ1) is 12.8. The Kier molecular flexibility index (Phi) is 5.51. The number of carboxylic acid groups (broad SMARTS) is 1. The number of hydrogen-bond acceptors (Lipinski definition) is 10. The zero-order chi connectivity index (χ0) is 19.7. The van der Waals surface area contributed by atoms with E-state index in [1.165, 1.54) is 6.07 Å². The maximum absolute atomic E-state index is 11.1. The van der Waals surface area contributed by atoms with E-state index in [1.807, 2.05) is 4.90 Å². The number of carbonyl (C=O) groups is 1. The fourth-order valence-electron chi connectivity index (χ4n) is 3.14. The maximum atomic E-state index is 11.1. The molecular weight excluding hydrogens is 362 g/mol. The van der Waals surface area contributed by atoms with Crippen LogP contribution in [0.5, 0.6) is 0 Å². The van der Waals surface area contributed by atoms with Crippen LogP contribution >= 0.6 is 0 Å². The largest absolute Gasteiger partial charge is 0.479 e. The number of ether oxygens (including phenoxy) is 1. The van der Waals surface area contributed by atoms with E-state index in [0.29, 0.717) is 5.82 Å². The molecule has 5 unspecified atom stereocenters.